The van der Waals surface area contributed by atoms with Gasteiger partial charge in [-0.15, -0.1) is 0 Å². The van der Waals surface area contributed by atoms with Gasteiger partial charge in [0.05, 0.1) is 0 Å². The zero-order valence-electron chi connectivity index (χ0n) is 5.13. The molecule has 2 unspecified atom stereocenters. The van der Waals surface area contributed by atoms with Crippen LogP contribution >= 0.6 is 0 Å². The molecule has 2 atom stereocenters. The van der Waals surface area contributed by atoms with Gasteiger partial charge in [0, 0.05) is 10.6 Å². The second kappa shape index (κ2) is 3.92. The molecule has 0 spiro atoms. The van der Waals surface area contributed by atoms with Crippen molar-refractivity contribution in [2.45, 2.75) is 31.6 Å². The first-order valence-corrected chi connectivity index (χ1v) is 3.49. The average Bonchev–Trinajstić information content (AvgIpc) is 1.69. The summed E-state index contributed by atoms with van der Waals surface area (Å²) in [4.78, 5) is 0. The number of hydrogen-bond acceptors (Lipinski definition) is 2. The summed E-state index contributed by atoms with van der Waals surface area (Å²) in [5.41, 5.74) is 0. The van der Waals surface area contributed by atoms with E-state index in [1.165, 1.54) is 0 Å². The molecule has 0 radical (unpaired) electrons. The topological polar surface area (TPSA) is 37.3 Å². The third-order valence-electron chi connectivity index (χ3n) is 1.06. The van der Waals surface area contributed by atoms with Crippen molar-refractivity contribution in [2.24, 2.45) is 0 Å². The predicted molar refractivity (Wildman–Crippen MR) is 33.8 cm³/mol. The van der Waals surface area contributed by atoms with E-state index in [0.717, 1.165) is 6.42 Å². The van der Waals surface area contributed by atoms with Crippen LogP contribution in [0.3, 0.4) is 0 Å². The van der Waals surface area contributed by atoms with Crippen LogP contribution in [0.5, 0.6) is 0 Å². The molecular formula is C5H11O2S+. The summed E-state index contributed by atoms with van der Waals surface area (Å²) in [6.45, 7) is 3.53. The minimum atomic E-state index is -0.470. The zero-order valence-corrected chi connectivity index (χ0v) is 5.94. The molecule has 1 N–H and O–H groups in total. The first kappa shape index (κ1) is 7.98. The van der Waals surface area contributed by atoms with E-state index in [0.29, 0.717) is 11.7 Å². The zero-order chi connectivity index (χ0) is 6.57. The molecule has 0 aromatic rings. The van der Waals surface area contributed by atoms with E-state index in [9.17, 15) is 4.21 Å². The van der Waals surface area contributed by atoms with Crippen LogP contribution in [-0.2, 0) is 15.9 Å². The van der Waals surface area contributed by atoms with E-state index in [2.05, 4.69) is 0 Å². The van der Waals surface area contributed by atoms with Gasteiger partial charge in [-0.1, -0.05) is 6.92 Å². The molecule has 0 bridgehead atoms. The van der Waals surface area contributed by atoms with E-state index in [-0.39, 0.29) is 5.25 Å². The summed E-state index contributed by atoms with van der Waals surface area (Å²) >= 11 is 0.478. The van der Waals surface area contributed by atoms with Gasteiger partial charge in [-0.3, -0.25) is 0 Å². The second-order valence-electron chi connectivity index (χ2n) is 1.78. The van der Waals surface area contributed by atoms with Gasteiger partial charge in [0.1, 0.15) is 6.10 Å². The number of hydrogen-bond donors (Lipinski definition) is 1. The highest BCUT2D eigenvalue weighted by Gasteiger charge is 2.24. The fraction of sp³-hybridized carbons (Fsp3) is 1.00. The highest BCUT2D eigenvalue weighted by atomic mass is 32.1. The first-order chi connectivity index (χ1) is 3.72. The van der Waals surface area contributed by atoms with Crippen molar-refractivity contribution in [2.75, 3.05) is 0 Å². The number of rotatable bonds is 3. The Morgan fingerprint density at radius 3 is 2.25 bits per heavy atom. The van der Waals surface area contributed by atoms with Crippen LogP contribution in [0.15, 0.2) is 0 Å². The van der Waals surface area contributed by atoms with Crippen molar-refractivity contribution >= 4 is 11.7 Å². The highest BCUT2D eigenvalue weighted by Crippen LogP contribution is 1.98. The predicted octanol–water partition coefficient (Wildman–Crippen LogP) is 0.574. The summed E-state index contributed by atoms with van der Waals surface area (Å²) in [6, 6.07) is 0. The molecule has 0 aliphatic rings. The summed E-state index contributed by atoms with van der Waals surface area (Å²) in [7, 11) is 0. The van der Waals surface area contributed by atoms with Crippen molar-refractivity contribution in [3.8, 4) is 0 Å². The lowest BCUT2D eigenvalue weighted by atomic mass is 10.2. The molecule has 0 amide bonds. The van der Waals surface area contributed by atoms with Crippen molar-refractivity contribution in [1.82, 2.24) is 0 Å². The third-order valence-corrected chi connectivity index (χ3v) is 2.04. The maximum absolute atomic E-state index is 10.1. The Morgan fingerprint density at radius 2 is 2.25 bits per heavy atom. The van der Waals surface area contributed by atoms with Crippen LogP contribution in [0, 0.1) is 0 Å². The van der Waals surface area contributed by atoms with Gasteiger partial charge in [-0.2, -0.15) is 0 Å². The van der Waals surface area contributed by atoms with Crippen LogP contribution < -0.4 is 0 Å². The Hall–Kier alpha value is -0.0200. The lowest BCUT2D eigenvalue weighted by Gasteiger charge is -1.96. The normalized spacial score (nSPS) is 17.4. The summed E-state index contributed by atoms with van der Waals surface area (Å²) in [5, 5.41) is 8.66. The van der Waals surface area contributed by atoms with E-state index in [1.807, 2.05) is 6.92 Å². The van der Waals surface area contributed by atoms with Gasteiger partial charge in [0.2, 0.25) is 0 Å². The molecule has 8 heavy (non-hydrogen) atoms. The van der Waals surface area contributed by atoms with Gasteiger partial charge >= 0.3 is 11.7 Å². The van der Waals surface area contributed by atoms with Gasteiger partial charge < -0.3 is 5.11 Å². The third kappa shape index (κ3) is 2.33. The smallest absolute Gasteiger partial charge is 0.387 e. The standard InChI is InChI=1S/C5H11O2S/c1-3-5(8-7)4(2)6/h4-6H,3H2,1-2H3/q+1. The van der Waals surface area contributed by atoms with E-state index in [1.54, 1.807) is 6.92 Å². The summed E-state index contributed by atoms with van der Waals surface area (Å²) in [5.74, 6) is 0. The molecule has 0 fully saturated rings. The molecule has 0 aliphatic heterocycles. The van der Waals surface area contributed by atoms with E-state index < -0.39 is 6.10 Å². The molecule has 0 rings (SSSR count). The van der Waals surface area contributed by atoms with Crippen LogP contribution in [0.4, 0.5) is 0 Å². The second-order valence-corrected chi connectivity index (χ2v) is 2.58. The lowest BCUT2D eigenvalue weighted by molar-refractivity contribution is 0.188. The lowest BCUT2D eigenvalue weighted by Crippen LogP contribution is -2.20. The number of aliphatic hydroxyl groups is 1. The Morgan fingerprint density at radius 1 is 1.75 bits per heavy atom. The maximum atomic E-state index is 10.1. The van der Waals surface area contributed by atoms with Gasteiger partial charge in [-0.05, 0) is 6.92 Å². The highest BCUT2D eigenvalue weighted by molar-refractivity contribution is 7.66. The van der Waals surface area contributed by atoms with Gasteiger partial charge in [-0.25, -0.2) is 0 Å². The minimum Gasteiger partial charge on any atom is -0.387 e. The fourth-order valence-corrected chi connectivity index (χ4v) is 0.786. The van der Waals surface area contributed by atoms with Crippen molar-refractivity contribution in [3.05, 3.63) is 0 Å². The molecule has 2 nitrogen and oxygen atoms in total. The van der Waals surface area contributed by atoms with E-state index >= 15 is 0 Å². The average molecular weight is 135 g/mol. The van der Waals surface area contributed by atoms with Crippen LogP contribution in [0.2, 0.25) is 0 Å². The Kier molecular flexibility index (Phi) is 3.91. The van der Waals surface area contributed by atoms with Crippen LogP contribution in [-0.4, -0.2) is 16.5 Å². The first-order valence-electron chi connectivity index (χ1n) is 2.69. The molecule has 0 heterocycles. The Bertz CT molecular complexity index is 72.8. The van der Waals surface area contributed by atoms with Crippen molar-refractivity contribution in [1.29, 1.82) is 0 Å². The van der Waals surface area contributed by atoms with Crippen LogP contribution in [0.1, 0.15) is 20.3 Å². The monoisotopic (exact) mass is 135 g/mol. The maximum Gasteiger partial charge on any atom is 0.464 e. The largest absolute Gasteiger partial charge is 0.464 e. The van der Waals surface area contributed by atoms with Gasteiger partial charge in [0.25, 0.3) is 5.25 Å². The Labute approximate surface area is 53.4 Å². The fourth-order valence-electron chi connectivity index (χ4n) is 0.490. The van der Waals surface area contributed by atoms with Crippen LogP contribution in [0.25, 0.3) is 0 Å². The summed E-state index contributed by atoms with van der Waals surface area (Å²) < 4.78 is 10.1. The number of aliphatic hydroxyl groups excluding tert-OH is 1. The van der Waals surface area contributed by atoms with Gasteiger partial charge in [0.15, 0.2) is 0 Å². The quantitative estimate of drug-likeness (QED) is 0.574. The molecule has 3 heteroatoms. The minimum absolute atomic E-state index is 0.130. The molecular weight excluding hydrogens is 124 g/mol. The summed E-state index contributed by atoms with van der Waals surface area (Å²) in [6.07, 6.45) is 0.272. The van der Waals surface area contributed by atoms with E-state index in [4.69, 9.17) is 5.11 Å². The molecule has 0 aromatic carbocycles. The van der Waals surface area contributed by atoms with Crippen molar-refractivity contribution in [3.63, 3.8) is 0 Å². The molecule has 0 saturated heterocycles. The molecule has 0 aromatic heterocycles. The van der Waals surface area contributed by atoms with Crippen molar-refractivity contribution < 1.29 is 9.32 Å². The molecule has 48 valence electrons. The molecule has 0 saturated carbocycles. The SMILES string of the molecule is CCC([S+]=O)C(C)O. The Balaban J connectivity index is 3.51. The molecule has 0 aliphatic carbocycles.